The Morgan fingerprint density at radius 3 is 3.00 bits per heavy atom. The smallest absolute Gasteiger partial charge is 0.310 e. The van der Waals surface area contributed by atoms with Crippen LogP contribution in [0.3, 0.4) is 0 Å². The van der Waals surface area contributed by atoms with Gasteiger partial charge in [-0.1, -0.05) is 25.5 Å². The maximum absolute atomic E-state index is 12.1. The van der Waals surface area contributed by atoms with Crippen LogP contribution >= 0.6 is 11.3 Å². The number of ether oxygens (including phenoxy) is 2. The second-order valence-corrected chi connectivity index (χ2v) is 7.06. The Morgan fingerprint density at radius 2 is 2.25 bits per heavy atom. The first-order chi connectivity index (χ1) is 11.6. The molecule has 0 amide bonds. The molecule has 0 bridgehead atoms. The number of esters is 1. The van der Waals surface area contributed by atoms with E-state index in [2.05, 4.69) is 17.2 Å². The average molecular weight is 346 g/mol. The third-order valence-electron chi connectivity index (χ3n) is 4.33. The number of nitrogens with one attached hydrogen (secondary N) is 1. The first-order valence-electron chi connectivity index (χ1n) is 8.14. The van der Waals surface area contributed by atoms with Crippen LogP contribution < -0.4 is 10.1 Å². The molecule has 5 nitrogen and oxygen atoms in total. The number of benzene rings is 1. The standard InChI is InChI=1S/C18H22N2O3S/c1-4-7-12-10-18(2,23-16(12)21)15-11-24-17(20-15)19-13-8-5-6-9-14(13)22-3/h5-6,8-9,11-12H,4,7,10H2,1-3H3,(H,19,20). The number of carbonyl (C=O) groups excluding carboxylic acids is 1. The monoisotopic (exact) mass is 346 g/mol. The lowest BCUT2D eigenvalue weighted by Crippen LogP contribution is -2.21. The Kier molecular flexibility index (Phi) is 4.76. The molecule has 0 aliphatic carbocycles. The van der Waals surface area contributed by atoms with E-state index >= 15 is 0 Å². The van der Waals surface area contributed by atoms with Crippen molar-refractivity contribution >= 4 is 28.1 Å². The molecule has 2 heterocycles. The summed E-state index contributed by atoms with van der Waals surface area (Å²) >= 11 is 1.50. The summed E-state index contributed by atoms with van der Waals surface area (Å²) in [6.07, 6.45) is 2.54. The Balaban J connectivity index is 1.77. The van der Waals surface area contributed by atoms with Gasteiger partial charge in [0.05, 0.1) is 24.4 Å². The van der Waals surface area contributed by atoms with Crippen LogP contribution in [0, 0.1) is 5.92 Å². The van der Waals surface area contributed by atoms with Gasteiger partial charge in [0.2, 0.25) is 0 Å². The molecule has 0 radical (unpaired) electrons. The Bertz CT molecular complexity index is 731. The van der Waals surface area contributed by atoms with Gasteiger partial charge in [0, 0.05) is 11.8 Å². The van der Waals surface area contributed by atoms with Gasteiger partial charge in [-0.3, -0.25) is 4.79 Å². The fourth-order valence-corrected chi connectivity index (χ4v) is 3.91. The van der Waals surface area contributed by atoms with E-state index in [1.165, 1.54) is 11.3 Å². The van der Waals surface area contributed by atoms with E-state index in [1.807, 2.05) is 36.6 Å². The zero-order valence-corrected chi connectivity index (χ0v) is 15.0. The Hall–Kier alpha value is -2.08. The van der Waals surface area contributed by atoms with Crippen molar-refractivity contribution in [3.63, 3.8) is 0 Å². The van der Waals surface area contributed by atoms with Crippen LogP contribution in [-0.4, -0.2) is 18.1 Å². The molecule has 1 aliphatic rings. The summed E-state index contributed by atoms with van der Waals surface area (Å²) in [4.78, 5) is 16.7. The summed E-state index contributed by atoms with van der Waals surface area (Å²) < 4.78 is 11.0. The van der Waals surface area contributed by atoms with Gasteiger partial charge in [-0.2, -0.15) is 0 Å². The average Bonchev–Trinajstić information content (AvgIpc) is 3.14. The van der Waals surface area contributed by atoms with Gasteiger partial charge in [-0.25, -0.2) is 4.98 Å². The van der Waals surface area contributed by atoms with Crippen LogP contribution in [0.2, 0.25) is 0 Å². The van der Waals surface area contributed by atoms with Crippen molar-refractivity contribution in [3.8, 4) is 5.75 Å². The number of thiazole rings is 1. The summed E-state index contributed by atoms with van der Waals surface area (Å²) in [5.41, 5.74) is 1.03. The molecule has 0 saturated carbocycles. The summed E-state index contributed by atoms with van der Waals surface area (Å²) in [7, 11) is 1.64. The zero-order valence-electron chi connectivity index (χ0n) is 14.2. The third kappa shape index (κ3) is 3.24. The molecule has 1 aromatic carbocycles. The predicted molar refractivity (Wildman–Crippen MR) is 94.8 cm³/mol. The van der Waals surface area contributed by atoms with Crippen molar-refractivity contribution in [3.05, 3.63) is 35.3 Å². The molecular formula is C18H22N2O3S. The van der Waals surface area contributed by atoms with E-state index in [9.17, 15) is 4.79 Å². The maximum Gasteiger partial charge on any atom is 0.310 e. The van der Waals surface area contributed by atoms with Crippen molar-refractivity contribution in [1.29, 1.82) is 0 Å². The molecule has 2 aromatic rings. The van der Waals surface area contributed by atoms with Crippen LogP contribution in [0.4, 0.5) is 10.8 Å². The molecule has 6 heteroatoms. The normalized spacial score (nSPS) is 23.1. The summed E-state index contributed by atoms with van der Waals surface area (Å²) in [5.74, 6) is 0.634. The highest BCUT2D eigenvalue weighted by atomic mass is 32.1. The predicted octanol–water partition coefficient (Wildman–Crippen LogP) is 4.47. The van der Waals surface area contributed by atoms with E-state index in [-0.39, 0.29) is 11.9 Å². The van der Waals surface area contributed by atoms with Gasteiger partial charge in [0.15, 0.2) is 10.7 Å². The van der Waals surface area contributed by atoms with Gasteiger partial charge in [-0.15, -0.1) is 11.3 Å². The second kappa shape index (κ2) is 6.81. The van der Waals surface area contributed by atoms with E-state index in [0.717, 1.165) is 35.1 Å². The lowest BCUT2D eigenvalue weighted by Gasteiger charge is -2.20. The van der Waals surface area contributed by atoms with Crippen molar-refractivity contribution in [2.75, 3.05) is 12.4 Å². The van der Waals surface area contributed by atoms with Crippen LogP contribution in [0.15, 0.2) is 29.6 Å². The van der Waals surface area contributed by atoms with Crippen molar-refractivity contribution in [1.82, 2.24) is 4.98 Å². The molecule has 128 valence electrons. The lowest BCUT2D eigenvalue weighted by molar-refractivity contribution is -0.150. The van der Waals surface area contributed by atoms with Gasteiger partial charge in [0.1, 0.15) is 5.75 Å². The number of cyclic esters (lactones) is 1. The lowest BCUT2D eigenvalue weighted by atomic mass is 9.91. The van der Waals surface area contributed by atoms with Crippen LogP contribution in [0.1, 0.15) is 38.8 Å². The summed E-state index contributed by atoms with van der Waals surface area (Å²) in [6, 6.07) is 7.69. The van der Waals surface area contributed by atoms with Gasteiger partial charge in [0.25, 0.3) is 0 Å². The minimum absolute atomic E-state index is 0.0210. The topological polar surface area (TPSA) is 60.4 Å². The van der Waals surface area contributed by atoms with Crippen molar-refractivity contribution in [2.24, 2.45) is 5.92 Å². The molecule has 1 N–H and O–H groups in total. The number of methoxy groups -OCH3 is 1. The summed E-state index contributed by atoms with van der Waals surface area (Å²) in [6.45, 7) is 4.03. The number of nitrogens with zero attached hydrogens (tertiary/aromatic N) is 1. The fraction of sp³-hybridized carbons (Fsp3) is 0.444. The highest BCUT2D eigenvalue weighted by Gasteiger charge is 2.45. The second-order valence-electron chi connectivity index (χ2n) is 6.20. The highest BCUT2D eigenvalue weighted by Crippen LogP contribution is 2.42. The molecule has 1 aliphatic heterocycles. The van der Waals surface area contributed by atoms with E-state index in [4.69, 9.17) is 9.47 Å². The number of hydrogen-bond acceptors (Lipinski definition) is 6. The molecular weight excluding hydrogens is 324 g/mol. The van der Waals surface area contributed by atoms with Gasteiger partial charge in [-0.05, 0) is 25.5 Å². The first-order valence-corrected chi connectivity index (χ1v) is 9.02. The minimum atomic E-state index is -0.631. The largest absolute Gasteiger partial charge is 0.495 e. The Labute approximate surface area is 146 Å². The number of hydrogen-bond donors (Lipinski definition) is 1. The van der Waals surface area contributed by atoms with Crippen LogP contribution in [0.25, 0.3) is 0 Å². The van der Waals surface area contributed by atoms with Crippen LogP contribution in [-0.2, 0) is 15.1 Å². The van der Waals surface area contributed by atoms with E-state index in [1.54, 1.807) is 7.11 Å². The van der Waals surface area contributed by atoms with Crippen LogP contribution in [0.5, 0.6) is 5.75 Å². The molecule has 24 heavy (non-hydrogen) atoms. The molecule has 2 unspecified atom stereocenters. The fourth-order valence-electron chi connectivity index (χ4n) is 3.06. The Morgan fingerprint density at radius 1 is 1.46 bits per heavy atom. The van der Waals surface area contributed by atoms with Gasteiger partial charge < -0.3 is 14.8 Å². The van der Waals surface area contributed by atoms with Crippen molar-refractivity contribution < 1.29 is 14.3 Å². The number of carbonyl (C=O) groups is 1. The highest BCUT2D eigenvalue weighted by molar-refractivity contribution is 7.13. The quantitative estimate of drug-likeness (QED) is 0.782. The maximum atomic E-state index is 12.1. The van der Waals surface area contributed by atoms with Gasteiger partial charge >= 0.3 is 5.97 Å². The van der Waals surface area contributed by atoms with E-state index < -0.39 is 5.60 Å². The number of para-hydroxylation sites is 2. The molecule has 1 saturated heterocycles. The molecule has 3 rings (SSSR count). The van der Waals surface area contributed by atoms with E-state index in [0.29, 0.717) is 6.42 Å². The summed E-state index contributed by atoms with van der Waals surface area (Å²) in [5, 5.41) is 5.99. The molecule has 0 spiro atoms. The minimum Gasteiger partial charge on any atom is -0.495 e. The molecule has 2 atom stereocenters. The number of anilines is 2. The first kappa shape index (κ1) is 16.8. The number of rotatable bonds is 6. The number of aromatic nitrogens is 1. The van der Waals surface area contributed by atoms with Crippen molar-refractivity contribution in [2.45, 2.75) is 38.7 Å². The SMILES string of the molecule is CCCC1CC(C)(c2csc(Nc3ccccc3OC)n2)OC1=O. The zero-order chi connectivity index (χ0) is 17.2. The molecule has 1 aromatic heterocycles. The third-order valence-corrected chi connectivity index (χ3v) is 5.08. The molecule has 1 fully saturated rings.